The summed E-state index contributed by atoms with van der Waals surface area (Å²) in [6, 6.07) is 0. The molecule has 1 aliphatic heterocycles. The predicted octanol–water partition coefficient (Wildman–Crippen LogP) is 2.29. The molecule has 1 aromatic heterocycles. The molecule has 3 rings (SSSR count). The second kappa shape index (κ2) is 6.22. The first-order valence-electron chi connectivity index (χ1n) is 7.64. The Morgan fingerprint density at radius 2 is 2.15 bits per heavy atom. The monoisotopic (exact) mass is 293 g/mol. The second-order valence-corrected chi connectivity index (χ2v) is 7.00. The third-order valence-corrected chi connectivity index (χ3v) is 5.23. The Labute approximate surface area is 124 Å². The molecule has 0 bridgehead atoms. The summed E-state index contributed by atoms with van der Waals surface area (Å²) in [5.74, 6) is 0.741. The van der Waals surface area contributed by atoms with Crippen LogP contribution in [0.3, 0.4) is 0 Å². The molecule has 0 unspecified atom stereocenters. The molecule has 0 atom stereocenters. The van der Waals surface area contributed by atoms with Gasteiger partial charge in [0.2, 0.25) is 5.91 Å². The highest BCUT2D eigenvalue weighted by Gasteiger charge is 2.30. The molecule has 1 amide bonds. The summed E-state index contributed by atoms with van der Waals surface area (Å²) < 4.78 is 0. The van der Waals surface area contributed by atoms with Gasteiger partial charge in [0.1, 0.15) is 0 Å². The van der Waals surface area contributed by atoms with Crippen LogP contribution in [-0.4, -0.2) is 46.9 Å². The number of carbonyl (C=O) groups excluding carboxylic acids is 1. The fourth-order valence-corrected chi connectivity index (χ4v) is 3.58. The second-order valence-electron chi connectivity index (χ2n) is 5.94. The highest BCUT2D eigenvalue weighted by Crippen LogP contribution is 2.28. The van der Waals surface area contributed by atoms with E-state index in [9.17, 15) is 4.79 Å². The minimum Gasteiger partial charge on any atom is -0.341 e. The molecule has 20 heavy (non-hydrogen) atoms. The van der Waals surface area contributed by atoms with Crippen molar-refractivity contribution >= 4 is 17.2 Å². The van der Waals surface area contributed by atoms with Gasteiger partial charge in [0.25, 0.3) is 0 Å². The van der Waals surface area contributed by atoms with E-state index in [2.05, 4.69) is 27.1 Å². The Hall–Kier alpha value is -0.940. The van der Waals surface area contributed by atoms with Gasteiger partial charge in [0.15, 0.2) is 0 Å². The fraction of sp³-hybridized carbons (Fsp3) is 0.733. The van der Waals surface area contributed by atoms with Crippen molar-refractivity contribution in [3.63, 3.8) is 0 Å². The van der Waals surface area contributed by atoms with Crippen molar-refractivity contribution in [3.05, 3.63) is 16.1 Å². The summed E-state index contributed by atoms with van der Waals surface area (Å²) in [7, 11) is 0. The van der Waals surface area contributed by atoms with Crippen LogP contribution in [-0.2, 0) is 11.3 Å². The number of rotatable bonds is 3. The molecule has 0 spiro atoms. The van der Waals surface area contributed by atoms with Crippen LogP contribution in [0, 0.1) is 12.8 Å². The topological polar surface area (TPSA) is 36.4 Å². The van der Waals surface area contributed by atoms with Crippen LogP contribution < -0.4 is 0 Å². The van der Waals surface area contributed by atoms with E-state index in [4.69, 9.17) is 0 Å². The Balaban J connectivity index is 1.52. The highest BCUT2D eigenvalue weighted by molar-refractivity contribution is 7.09. The van der Waals surface area contributed by atoms with E-state index in [1.807, 2.05) is 0 Å². The Morgan fingerprint density at radius 3 is 2.80 bits per heavy atom. The van der Waals surface area contributed by atoms with E-state index in [-0.39, 0.29) is 0 Å². The molecular weight excluding hydrogens is 270 g/mol. The van der Waals surface area contributed by atoms with Crippen LogP contribution in [0.1, 0.15) is 36.4 Å². The first-order chi connectivity index (χ1) is 9.72. The normalized spacial score (nSPS) is 21.6. The molecule has 1 aliphatic carbocycles. The smallest absolute Gasteiger partial charge is 0.225 e. The van der Waals surface area contributed by atoms with Crippen LogP contribution in [0.4, 0.5) is 0 Å². The van der Waals surface area contributed by atoms with E-state index in [1.165, 1.54) is 12.1 Å². The van der Waals surface area contributed by atoms with Crippen LogP contribution in [0.15, 0.2) is 5.38 Å². The number of nitrogens with zero attached hydrogens (tertiary/aromatic N) is 3. The van der Waals surface area contributed by atoms with Crippen LogP contribution in [0.25, 0.3) is 0 Å². The standard InChI is InChI=1S/C15H23N3OS/c1-12-16-14(11-20-12)10-17-6-3-7-18(9-8-17)15(19)13-4-2-5-13/h11,13H,2-10H2,1H3. The van der Waals surface area contributed by atoms with E-state index in [0.29, 0.717) is 11.8 Å². The first kappa shape index (κ1) is 14.0. The predicted molar refractivity (Wildman–Crippen MR) is 80.7 cm³/mol. The van der Waals surface area contributed by atoms with Gasteiger partial charge in [-0.1, -0.05) is 6.42 Å². The van der Waals surface area contributed by atoms with E-state index < -0.39 is 0 Å². The molecule has 0 aromatic carbocycles. The Kier molecular flexibility index (Phi) is 4.36. The molecule has 0 N–H and O–H groups in total. The van der Waals surface area contributed by atoms with Crippen molar-refractivity contribution in [1.29, 1.82) is 0 Å². The SMILES string of the molecule is Cc1nc(CN2CCCN(C(=O)C3CCC3)CC2)cs1. The quantitative estimate of drug-likeness (QED) is 0.858. The van der Waals surface area contributed by atoms with Crippen molar-refractivity contribution in [2.75, 3.05) is 26.2 Å². The van der Waals surface area contributed by atoms with Gasteiger partial charge in [-0.05, 0) is 26.2 Å². The van der Waals surface area contributed by atoms with Crippen molar-refractivity contribution in [2.24, 2.45) is 5.92 Å². The van der Waals surface area contributed by atoms with E-state index in [0.717, 1.165) is 57.0 Å². The number of hydrogen-bond donors (Lipinski definition) is 0. The van der Waals surface area contributed by atoms with Gasteiger partial charge in [-0.3, -0.25) is 9.69 Å². The number of thiazole rings is 1. The van der Waals surface area contributed by atoms with Crippen LogP contribution in [0.5, 0.6) is 0 Å². The van der Waals surface area contributed by atoms with Crippen molar-refractivity contribution < 1.29 is 4.79 Å². The molecule has 0 radical (unpaired) electrons. The third kappa shape index (κ3) is 3.20. The fourth-order valence-electron chi connectivity index (χ4n) is 2.97. The van der Waals surface area contributed by atoms with Gasteiger partial charge in [-0.25, -0.2) is 4.98 Å². The summed E-state index contributed by atoms with van der Waals surface area (Å²) in [5, 5.41) is 3.29. The lowest BCUT2D eigenvalue weighted by molar-refractivity contribution is -0.138. The molecule has 4 nitrogen and oxygen atoms in total. The maximum atomic E-state index is 12.3. The minimum atomic E-state index is 0.336. The van der Waals surface area contributed by atoms with Crippen LogP contribution in [0.2, 0.25) is 0 Å². The summed E-state index contributed by atoms with van der Waals surface area (Å²) >= 11 is 1.72. The number of carbonyl (C=O) groups is 1. The average molecular weight is 293 g/mol. The largest absolute Gasteiger partial charge is 0.341 e. The lowest BCUT2D eigenvalue weighted by atomic mass is 9.84. The first-order valence-corrected chi connectivity index (χ1v) is 8.52. The molecule has 2 heterocycles. The van der Waals surface area contributed by atoms with Crippen LogP contribution >= 0.6 is 11.3 Å². The summed E-state index contributed by atoms with van der Waals surface area (Å²) in [6.07, 6.45) is 4.54. The maximum absolute atomic E-state index is 12.3. The lowest BCUT2D eigenvalue weighted by Crippen LogP contribution is -2.41. The van der Waals surface area contributed by atoms with Gasteiger partial charge in [0, 0.05) is 44.0 Å². The highest BCUT2D eigenvalue weighted by atomic mass is 32.1. The van der Waals surface area contributed by atoms with Gasteiger partial charge >= 0.3 is 0 Å². The number of aromatic nitrogens is 1. The molecule has 1 aromatic rings. The molecule has 1 saturated carbocycles. The Bertz CT molecular complexity index is 469. The number of amides is 1. The molecule has 110 valence electrons. The summed E-state index contributed by atoms with van der Waals surface area (Å²) in [4.78, 5) is 21.4. The van der Waals surface area contributed by atoms with E-state index >= 15 is 0 Å². The van der Waals surface area contributed by atoms with Gasteiger partial charge in [0.05, 0.1) is 10.7 Å². The van der Waals surface area contributed by atoms with Gasteiger partial charge < -0.3 is 4.90 Å². The molecule has 2 aliphatic rings. The third-order valence-electron chi connectivity index (χ3n) is 4.41. The zero-order valence-corrected chi connectivity index (χ0v) is 13.0. The maximum Gasteiger partial charge on any atom is 0.225 e. The lowest BCUT2D eigenvalue weighted by Gasteiger charge is -2.31. The van der Waals surface area contributed by atoms with E-state index in [1.54, 1.807) is 11.3 Å². The van der Waals surface area contributed by atoms with Gasteiger partial charge in [-0.15, -0.1) is 11.3 Å². The Morgan fingerprint density at radius 1 is 1.30 bits per heavy atom. The van der Waals surface area contributed by atoms with Crippen molar-refractivity contribution in [3.8, 4) is 0 Å². The summed E-state index contributed by atoms with van der Waals surface area (Å²) in [6.45, 7) is 6.85. The molecular formula is C15H23N3OS. The van der Waals surface area contributed by atoms with Gasteiger partial charge in [-0.2, -0.15) is 0 Å². The zero-order valence-electron chi connectivity index (χ0n) is 12.2. The summed E-state index contributed by atoms with van der Waals surface area (Å²) in [5.41, 5.74) is 1.17. The number of aryl methyl sites for hydroxylation is 1. The molecule has 5 heteroatoms. The average Bonchev–Trinajstić information content (AvgIpc) is 2.62. The van der Waals surface area contributed by atoms with Crippen molar-refractivity contribution in [1.82, 2.24) is 14.8 Å². The minimum absolute atomic E-state index is 0.336. The molecule has 2 fully saturated rings. The molecule has 1 saturated heterocycles. The zero-order chi connectivity index (χ0) is 13.9. The van der Waals surface area contributed by atoms with Crippen molar-refractivity contribution in [2.45, 2.75) is 39.2 Å². The number of hydrogen-bond acceptors (Lipinski definition) is 4.